The van der Waals surface area contributed by atoms with Gasteiger partial charge in [-0.15, -0.1) is 0 Å². The first-order valence-electron chi connectivity index (χ1n) is 6.05. The SMILES string of the molecule is Cc1ccc(N)cc1C(=O)OCc1c(F)ccc(Br)c1F. The summed E-state index contributed by atoms with van der Waals surface area (Å²) in [6, 6.07) is 7.14. The van der Waals surface area contributed by atoms with Crippen LogP contribution < -0.4 is 5.73 Å². The van der Waals surface area contributed by atoms with Crippen molar-refractivity contribution in [3.05, 3.63) is 63.1 Å². The minimum atomic E-state index is -0.785. The van der Waals surface area contributed by atoms with Gasteiger partial charge in [0.1, 0.15) is 18.2 Å². The molecule has 0 bridgehead atoms. The van der Waals surface area contributed by atoms with Crippen LogP contribution in [0.4, 0.5) is 14.5 Å². The largest absolute Gasteiger partial charge is 0.457 e. The molecule has 2 N–H and O–H groups in total. The highest BCUT2D eigenvalue weighted by molar-refractivity contribution is 9.10. The van der Waals surface area contributed by atoms with Gasteiger partial charge < -0.3 is 10.5 Å². The maximum Gasteiger partial charge on any atom is 0.338 e. The lowest BCUT2D eigenvalue weighted by Crippen LogP contribution is -2.10. The zero-order valence-corrected chi connectivity index (χ0v) is 12.7. The first kappa shape index (κ1) is 15.4. The zero-order chi connectivity index (χ0) is 15.6. The maximum absolute atomic E-state index is 13.8. The van der Waals surface area contributed by atoms with Gasteiger partial charge in [0.15, 0.2) is 0 Å². The summed E-state index contributed by atoms with van der Waals surface area (Å²) in [5.74, 6) is -2.24. The molecule has 0 atom stereocenters. The quantitative estimate of drug-likeness (QED) is 0.514. The molecule has 2 rings (SSSR count). The average molecular weight is 356 g/mol. The molecule has 0 heterocycles. The van der Waals surface area contributed by atoms with E-state index in [1.165, 1.54) is 12.1 Å². The van der Waals surface area contributed by atoms with Crippen molar-refractivity contribution in [1.82, 2.24) is 0 Å². The molecule has 0 spiro atoms. The third-order valence-electron chi connectivity index (χ3n) is 2.97. The number of carbonyl (C=O) groups is 1. The predicted octanol–water partition coefficient (Wildman–Crippen LogP) is 3.97. The molecule has 0 aliphatic rings. The van der Waals surface area contributed by atoms with Crippen LogP contribution >= 0.6 is 15.9 Å². The third kappa shape index (κ3) is 3.39. The van der Waals surface area contributed by atoms with E-state index < -0.39 is 24.2 Å². The average Bonchev–Trinajstić information content (AvgIpc) is 2.45. The predicted molar refractivity (Wildman–Crippen MR) is 78.8 cm³/mol. The maximum atomic E-state index is 13.8. The molecule has 0 amide bonds. The van der Waals surface area contributed by atoms with E-state index in [1.54, 1.807) is 19.1 Å². The molecule has 0 unspecified atom stereocenters. The number of hydrogen-bond acceptors (Lipinski definition) is 3. The number of anilines is 1. The molecule has 0 radical (unpaired) electrons. The van der Waals surface area contributed by atoms with Gasteiger partial charge in [0.25, 0.3) is 0 Å². The smallest absolute Gasteiger partial charge is 0.338 e. The fourth-order valence-corrected chi connectivity index (χ4v) is 2.15. The summed E-state index contributed by atoms with van der Waals surface area (Å²) in [6.07, 6.45) is 0. The molecule has 3 nitrogen and oxygen atoms in total. The summed E-state index contributed by atoms with van der Waals surface area (Å²) in [5.41, 5.74) is 6.65. The summed E-state index contributed by atoms with van der Waals surface area (Å²) >= 11 is 2.95. The second-order valence-electron chi connectivity index (χ2n) is 4.47. The number of rotatable bonds is 3. The number of ether oxygens (including phenoxy) is 1. The molecule has 2 aromatic carbocycles. The standard InChI is InChI=1S/C15H12BrF2NO2/c1-8-2-3-9(19)6-10(8)15(20)21-7-11-13(17)5-4-12(16)14(11)18/h2-6H,7,19H2,1H3. The first-order chi connectivity index (χ1) is 9.90. The van der Waals surface area contributed by atoms with E-state index in [4.69, 9.17) is 10.5 Å². The normalized spacial score (nSPS) is 10.5. The molecule has 110 valence electrons. The van der Waals surface area contributed by atoms with E-state index in [1.807, 2.05) is 0 Å². The zero-order valence-electron chi connectivity index (χ0n) is 11.1. The van der Waals surface area contributed by atoms with Gasteiger partial charge in [0.05, 0.1) is 15.6 Å². The number of esters is 1. The third-order valence-corrected chi connectivity index (χ3v) is 3.58. The lowest BCUT2D eigenvalue weighted by molar-refractivity contribution is 0.0464. The van der Waals surface area contributed by atoms with Crippen LogP contribution in [0.1, 0.15) is 21.5 Å². The van der Waals surface area contributed by atoms with E-state index in [2.05, 4.69) is 15.9 Å². The Kier molecular flexibility index (Phi) is 4.57. The van der Waals surface area contributed by atoms with Gasteiger partial charge in [-0.05, 0) is 52.7 Å². The van der Waals surface area contributed by atoms with Crippen LogP contribution in [-0.4, -0.2) is 5.97 Å². The molecule has 2 aromatic rings. The van der Waals surface area contributed by atoms with Crippen molar-refractivity contribution in [2.75, 3.05) is 5.73 Å². The number of hydrogen-bond donors (Lipinski definition) is 1. The van der Waals surface area contributed by atoms with Crippen LogP contribution in [0.25, 0.3) is 0 Å². The van der Waals surface area contributed by atoms with E-state index >= 15 is 0 Å². The van der Waals surface area contributed by atoms with Crippen LogP contribution in [0.5, 0.6) is 0 Å². The fourth-order valence-electron chi connectivity index (χ4n) is 1.78. The van der Waals surface area contributed by atoms with Crippen LogP contribution in [-0.2, 0) is 11.3 Å². The summed E-state index contributed by atoms with van der Waals surface area (Å²) in [4.78, 5) is 12.0. The van der Waals surface area contributed by atoms with E-state index in [0.717, 1.165) is 6.07 Å². The van der Waals surface area contributed by atoms with Crippen molar-refractivity contribution in [2.24, 2.45) is 0 Å². The Balaban J connectivity index is 2.19. The number of benzene rings is 2. The van der Waals surface area contributed by atoms with E-state index in [0.29, 0.717) is 11.3 Å². The van der Waals surface area contributed by atoms with Gasteiger partial charge in [-0.2, -0.15) is 0 Å². The van der Waals surface area contributed by atoms with Crippen LogP contribution in [0.2, 0.25) is 0 Å². The van der Waals surface area contributed by atoms with Crippen LogP contribution in [0.15, 0.2) is 34.8 Å². The Morgan fingerprint density at radius 1 is 1.29 bits per heavy atom. The molecular weight excluding hydrogens is 344 g/mol. The lowest BCUT2D eigenvalue weighted by Gasteiger charge is -2.10. The van der Waals surface area contributed by atoms with Crippen molar-refractivity contribution in [1.29, 1.82) is 0 Å². The van der Waals surface area contributed by atoms with Crippen LogP contribution in [0.3, 0.4) is 0 Å². The number of aryl methyl sites for hydroxylation is 1. The Labute approximate surface area is 128 Å². The molecule has 0 saturated carbocycles. The van der Waals surface area contributed by atoms with Gasteiger partial charge in [-0.3, -0.25) is 0 Å². The van der Waals surface area contributed by atoms with Crippen LogP contribution in [0, 0.1) is 18.6 Å². The van der Waals surface area contributed by atoms with E-state index in [-0.39, 0.29) is 15.6 Å². The summed E-state index contributed by atoms with van der Waals surface area (Å²) in [5, 5.41) is 0. The highest BCUT2D eigenvalue weighted by atomic mass is 79.9. The van der Waals surface area contributed by atoms with Gasteiger partial charge in [-0.25, -0.2) is 13.6 Å². The number of carbonyl (C=O) groups excluding carboxylic acids is 1. The first-order valence-corrected chi connectivity index (χ1v) is 6.85. The molecule has 0 aliphatic carbocycles. The monoisotopic (exact) mass is 355 g/mol. The molecule has 0 aromatic heterocycles. The van der Waals surface area contributed by atoms with Gasteiger partial charge in [0.2, 0.25) is 0 Å². The topological polar surface area (TPSA) is 52.3 Å². The fraction of sp³-hybridized carbons (Fsp3) is 0.133. The lowest BCUT2D eigenvalue weighted by atomic mass is 10.1. The number of nitrogen functional groups attached to an aromatic ring is 1. The molecule has 0 aliphatic heterocycles. The number of nitrogens with two attached hydrogens (primary N) is 1. The second-order valence-corrected chi connectivity index (χ2v) is 5.33. The minimum Gasteiger partial charge on any atom is -0.457 e. The number of halogens is 3. The van der Waals surface area contributed by atoms with Crippen molar-refractivity contribution in [3.8, 4) is 0 Å². The summed E-state index contributed by atoms with van der Waals surface area (Å²) in [6.45, 7) is 1.22. The van der Waals surface area contributed by atoms with E-state index in [9.17, 15) is 13.6 Å². The highest BCUT2D eigenvalue weighted by Crippen LogP contribution is 2.23. The van der Waals surface area contributed by atoms with Gasteiger partial charge in [0, 0.05) is 5.69 Å². The summed E-state index contributed by atoms with van der Waals surface area (Å²) < 4.78 is 32.4. The molecule has 21 heavy (non-hydrogen) atoms. The summed E-state index contributed by atoms with van der Waals surface area (Å²) in [7, 11) is 0. The molecular formula is C15H12BrF2NO2. The van der Waals surface area contributed by atoms with Crippen molar-refractivity contribution >= 4 is 27.6 Å². The Morgan fingerprint density at radius 3 is 2.71 bits per heavy atom. The van der Waals surface area contributed by atoms with Crippen molar-refractivity contribution in [3.63, 3.8) is 0 Å². The van der Waals surface area contributed by atoms with Gasteiger partial charge in [-0.1, -0.05) is 6.07 Å². The van der Waals surface area contributed by atoms with Gasteiger partial charge >= 0.3 is 5.97 Å². The Hall–Kier alpha value is -1.95. The van der Waals surface area contributed by atoms with Crippen molar-refractivity contribution in [2.45, 2.75) is 13.5 Å². The highest BCUT2D eigenvalue weighted by Gasteiger charge is 2.16. The Bertz CT molecular complexity index is 704. The molecule has 0 saturated heterocycles. The minimum absolute atomic E-state index is 0.107. The molecule has 0 fully saturated rings. The van der Waals surface area contributed by atoms with Crippen molar-refractivity contribution < 1.29 is 18.3 Å². The second kappa shape index (κ2) is 6.22. The Morgan fingerprint density at radius 2 is 2.00 bits per heavy atom. The molecule has 6 heteroatoms.